The van der Waals surface area contributed by atoms with Crippen molar-refractivity contribution in [1.29, 1.82) is 0 Å². The molecule has 0 saturated heterocycles. The predicted molar refractivity (Wildman–Crippen MR) is 191 cm³/mol. The van der Waals surface area contributed by atoms with Crippen LogP contribution in [0, 0.1) is 56.4 Å². The normalized spacial score (nSPS) is 10.3. The standard InChI is InChI=1S/C20H21.C19H19.2CH3.Si.Zr/c1-13(2)18-11-16-6-5-7-19(20(16)12-18)17-9-8-14(3)15(4)10-17;1-12-9-18-14(3)6-8-17(19(18)10-12)16-7-5-13(2)15(4)11-16;;;;/h5-13H,1-4H3;5-11H,1-4H3;2*1H3;;/q4*-1;;. The summed E-state index contributed by atoms with van der Waals surface area (Å²) in [6, 6.07) is 33.8. The molecule has 0 amide bonds. The van der Waals surface area contributed by atoms with Crippen LogP contribution in [0.5, 0.6) is 0 Å². The van der Waals surface area contributed by atoms with Gasteiger partial charge >= 0.3 is 30.2 Å². The topological polar surface area (TPSA) is 0 Å². The van der Waals surface area contributed by atoms with Crippen molar-refractivity contribution in [3.05, 3.63) is 145 Å². The van der Waals surface area contributed by atoms with Crippen molar-refractivity contribution >= 4 is 28.4 Å². The molecule has 0 N–H and O–H groups in total. The number of aryl methyl sites for hydroxylation is 6. The Balaban J connectivity index is 0.000000272. The van der Waals surface area contributed by atoms with Gasteiger partial charge in [0.25, 0.3) is 0 Å². The van der Waals surface area contributed by atoms with E-state index in [0.717, 1.165) is 0 Å². The zero-order valence-corrected chi connectivity index (χ0v) is 31.2. The molecule has 0 bridgehead atoms. The molecule has 6 aromatic carbocycles. The fourth-order valence-corrected chi connectivity index (χ4v) is 5.50. The van der Waals surface area contributed by atoms with E-state index in [1.807, 2.05) is 0 Å². The van der Waals surface area contributed by atoms with Crippen LogP contribution in [0.15, 0.2) is 91.0 Å². The summed E-state index contributed by atoms with van der Waals surface area (Å²) in [4.78, 5) is 0. The molecule has 0 saturated carbocycles. The molecule has 43 heavy (non-hydrogen) atoms. The quantitative estimate of drug-likeness (QED) is 0.131. The second-order valence-electron chi connectivity index (χ2n) is 11.6. The zero-order chi connectivity index (χ0) is 29.8. The van der Waals surface area contributed by atoms with E-state index < -0.39 is 0 Å². The molecule has 222 valence electrons. The van der Waals surface area contributed by atoms with Crippen molar-refractivity contribution in [2.75, 3.05) is 0 Å². The average molecular weight is 658 g/mol. The van der Waals surface area contributed by atoms with Crippen LogP contribution >= 0.6 is 0 Å². The molecular weight excluding hydrogens is 612 g/mol. The second-order valence-corrected chi connectivity index (χ2v) is 11.6. The Bertz CT molecular complexity index is 1810. The molecule has 0 aliphatic rings. The maximum absolute atomic E-state index is 3.06. The van der Waals surface area contributed by atoms with Gasteiger partial charge in [-0.1, -0.05) is 87.4 Å². The van der Waals surface area contributed by atoms with Gasteiger partial charge in [0.2, 0.25) is 0 Å². The van der Waals surface area contributed by atoms with Gasteiger partial charge in [-0.05, 0) is 67.0 Å². The SMILES string of the molecule is Cc1cc2c(-c3ccc(C)c(C)c3)ccc(C)c2[cH-]1.Cc1ccc(-c2cccc3[cH-]c(C(C)C)cc23)cc1C.[CH3-].[CH3-].[Si]=[Zr]. The van der Waals surface area contributed by atoms with Gasteiger partial charge in [0.05, 0.1) is 0 Å². The number of benzene rings is 4. The van der Waals surface area contributed by atoms with E-state index in [1.165, 1.54) is 106 Å². The van der Waals surface area contributed by atoms with Gasteiger partial charge < -0.3 is 14.9 Å². The molecule has 0 nitrogen and oxygen atoms in total. The summed E-state index contributed by atoms with van der Waals surface area (Å²) in [7, 11) is 0. The Morgan fingerprint density at radius 3 is 1.63 bits per heavy atom. The molecule has 0 aliphatic carbocycles. The third-order valence-corrected chi connectivity index (χ3v) is 8.32. The zero-order valence-electron chi connectivity index (χ0n) is 27.7. The summed E-state index contributed by atoms with van der Waals surface area (Å²) < 4.78 is 0. The summed E-state index contributed by atoms with van der Waals surface area (Å²) in [6.07, 6.45) is 0. The molecule has 0 aromatic heterocycles. The van der Waals surface area contributed by atoms with Crippen molar-refractivity contribution < 1.29 is 23.3 Å². The van der Waals surface area contributed by atoms with Crippen molar-refractivity contribution in [1.82, 2.24) is 0 Å². The fraction of sp³-hybridized carbons (Fsp3) is 0.220. The second kappa shape index (κ2) is 15.8. The fourth-order valence-electron chi connectivity index (χ4n) is 5.50. The van der Waals surface area contributed by atoms with Gasteiger partial charge in [0.15, 0.2) is 0 Å². The molecule has 0 aliphatic heterocycles. The maximum atomic E-state index is 3.06. The molecule has 0 unspecified atom stereocenters. The number of fused-ring (bicyclic) bond motifs is 2. The van der Waals surface area contributed by atoms with Crippen LogP contribution in [0.25, 0.3) is 43.8 Å². The Morgan fingerprint density at radius 2 is 1.09 bits per heavy atom. The summed E-state index contributed by atoms with van der Waals surface area (Å²) in [6.45, 7) is 20.6. The number of hydrogen-bond donors (Lipinski definition) is 0. The molecule has 0 spiro atoms. The summed E-state index contributed by atoms with van der Waals surface area (Å²) >= 11 is 1.36. The Labute approximate surface area is 278 Å². The van der Waals surface area contributed by atoms with Crippen LogP contribution in [0.1, 0.15) is 58.7 Å². The predicted octanol–water partition coefficient (Wildman–Crippen LogP) is 11.9. The van der Waals surface area contributed by atoms with Gasteiger partial charge in [0.1, 0.15) is 0 Å². The van der Waals surface area contributed by atoms with E-state index in [4.69, 9.17) is 0 Å². The number of hydrogen-bond acceptors (Lipinski definition) is 0. The average Bonchev–Trinajstić information content (AvgIpc) is 3.58. The molecule has 6 rings (SSSR count). The molecule has 2 heteroatoms. The van der Waals surface area contributed by atoms with Crippen LogP contribution in [-0.2, 0) is 23.3 Å². The minimum absolute atomic E-state index is 0. The molecule has 2 radical (unpaired) electrons. The minimum atomic E-state index is 0. The van der Waals surface area contributed by atoms with Gasteiger partial charge in [-0.15, -0.1) is 68.6 Å². The van der Waals surface area contributed by atoms with Gasteiger partial charge in [-0.3, -0.25) is 0 Å². The first-order valence-electron chi connectivity index (χ1n) is 14.4. The third kappa shape index (κ3) is 8.03. The van der Waals surface area contributed by atoms with Crippen LogP contribution in [0.4, 0.5) is 0 Å². The Hall–Kier alpha value is -2.80. The van der Waals surface area contributed by atoms with Crippen molar-refractivity contribution in [2.24, 2.45) is 0 Å². The van der Waals surface area contributed by atoms with Crippen LogP contribution in [-0.4, -0.2) is 6.88 Å². The molecular formula is C41H46SiZr-4. The van der Waals surface area contributed by atoms with Crippen molar-refractivity contribution in [3.8, 4) is 22.3 Å². The van der Waals surface area contributed by atoms with E-state index in [1.54, 1.807) is 0 Å². The van der Waals surface area contributed by atoms with Gasteiger partial charge in [-0.25, -0.2) is 0 Å². The first kappa shape index (κ1) is 36.4. The van der Waals surface area contributed by atoms with E-state index in [-0.39, 0.29) is 14.9 Å². The molecule has 0 atom stereocenters. The molecule has 0 fully saturated rings. The monoisotopic (exact) mass is 656 g/mol. The number of rotatable bonds is 3. The summed E-state index contributed by atoms with van der Waals surface area (Å²) in [5.74, 6) is 0.579. The van der Waals surface area contributed by atoms with E-state index in [9.17, 15) is 0 Å². The summed E-state index contributed by atoms with van der Waals surface area (Å²) in [5.41, 5.74) is 14.9. The van der Waals surface area contributed by atoms with E-state index in [0.29, 0.717) is 5.92 Å². The van der Waals surface area contributed by atoms with Gasteiger partial charge in [0, 0.05) is 0 Å². The van der Waals surface area contributed by atoms with E-state index in [2.05, 4.69) is 153 Å². The Morgan fingerprint density at radius 1 is 0.558 bits per heavy atom. The first-order chi connectivity index (χ1) is 19.6. The first-order valence-corrected chi connectivity index (χ1v) is 18.6. The summed E-state index contributed by atoms with van der Waals surface area (Å²) in [5, 5.41) is 5.48. The van der Waals surface area contributed by atoms with Crippen LogP contribution < -0.4 is 0 Å². The molecule has 6 aromatic rings. The van der Waals surface area contributed by atoms with Crippen molar-refractivity contribution in [3.63, 3.8) is 0 Å². The van der Waals surface area contributed by atoms with E-state index >= 15 is 0 Å². The Kier molecular flexibility index (Phi) is 13.4. The van der Waals surface area contributed by atoms with Crippen molar-refractivity contribution in [2.45, 2.75) is 61.3 Å². The third-order valence-electron chi connectivity index (χ3n) is 8.32. The van der Waals surface area contributed by atoms with Crippen LogP contribution in [0.3, 0.4) is 0 Å². The van der Waals surface area contributed by atoms with Crippen LogP contribution in [0.2, 0.25) is 0 Å². The molecule has 0 heterocycles. The van der Waals surface area contributed by atoms with Gasteiger partial charge in [-0.2, -0.15) is 12.1 Å².